The van der Waals surface area contributed by atoms with Gasteiger partial charge in [-0.2, -0.15) is 5.10 Å². The third-order valence-corrected chi connectivity index (χ3v) is 3.35. The number of nitrogens with zero attached hydrogens (tertiary/aromatic N) is 2. The van der Waals surface area contributed by atoms with Crippen molar-refractivity contribution in [2.45, 2.75) is 6.73 Å². The summed E-state index contributed by atoms with van der Waals surface area (Å²) in [6.07, 6.45) is 5.24. The average Bonchev–Trinajstić information content (AvgIpc) is 2.94. The fourth-order valence-corrected chi connectivity index (χ4v) is 2.15. The summed E-state index contributed by atoms with van der Waals surface area (Å²) >= 11 is 1.60. The Labute approximate surface area is 107 Å². The first-order valence-corrected chi connectivity index (χ1v) is 7.39. The first kappa shape index (κ1) is 13.2. The molecule has 0 atom stereocenters. The Hall–Kier alpha value is -1.24. The van der Waals surface area contributed by atoms with Gasteiger partial charge in [0.15, 0.2) is 6.73 Å². The van der Waals surface area contributed by atoms with Gasteiger partial charge in [0.25, 0.3) is 0 Å². The molecule has 0 unspecified atom stereocenters. The van der Waals surface area contributed by atoms with Gasteiger partial charge in [-0.25, -0.2) is 9.25 Å². The Morgan fingerprint density at radius 1 is 1.44 bits per heavy atom. The Bertz CT molecular complexity index is 572. The number of rotatable bonds is 5. The molecule has 0 aromatic carbocycles. The van der Waals surface area contributed by atoms with E-state index in [1.54, 1.807) is 17.4 Å². The maximum Gasteiger partial charge on any atom is 0.471 e. The number of phosphoric acid groups is 1. The summed E-state index contributed by atoms with van der Waals surface area (Å²) in [6.45, 7) is -0.290. The minimum atomic E-state index is -4.48. The van der Waals surface area contributed by atoms with Gasteiger partial charge in [-0.3, -0.25) is 4.52 Å². The van der Waals surface area contributed by atoms with Crippen LogP contribution in [-0.4, -0.2) is 19.6 Å². The maximum atomic E-state index is 10.6. The number of hydrogen-bond acceptors (Lipinski definition) is 4. The predicted octanol–water partition coefficient (Wildman–Crippen LogP) is 2.18. The van der Waals surface area contributed by atoms with Crippen molar-refractivity contribution < 1.29 is 18.9 Å². The maximum absolute atomic E-state index is 10.6. The lowest BCUT2D eigenvalue weighted by Crippen LogP contribution is -2.04. The fraction of sp³-hybridized carbons (Fsp3) is 0.100. The molecule has 0 spiro atoms. The van der Waals surface area contributed by atoms with Gasteiger partial charge in [-0.1, -0.05) is 6.07 Å². The molecule has 2 aromatic rings. The van der Waals surface area contributed by atoms with Gasteiger partial charge in [0.1, 0.15) is 0 Å². The quantitative estimate of drug-likeness (QED) is 0.823. The van der Waals surface area contributed by atoms with Gasteiger partial charge >= 0.3 is 7.82 Å². The normalized spacial score (nSPS) is 12.3. The van der Waals surface area contributed by atoms with Gasteiger partial charge in [0.05, 0.1) is 5.69 Å². The monoisotopic (exact) mass is 286 g/mol. The van der Waals surface area contributed by atoms with Gasteiger partial charge < -0.3 is 9.79 Å². The molecule has 2 aromatic heterocycles. The van der Waals surface area contributed by atoms with Crippen LogP contribution in [0.1, 0.15) is 10.6 Å². The summed E-state index contributed by atoms with van der Waals surface area (Å²) in [5.74, 6) is 0. The zero-order chi connectivity index (χ0) is 13.0. The highest BCUT2D eigenvalue weighted by Crippen LogP contribution is 2.36. The topological polar surface area (TPSA) is 84.6 Å². The third-order valence-electron chi connectivity index (χ3n) is 2.06. The molecule has 0 bridgehead atoms. The highest BCUT2D eigenvalue weighted by molar-refractivity contribution is 7.46. The van der Waals surface area contributed by atoms with Gasteiger partial charge in [0.2, 0.25) is 0 Å². The molecule has 0 fully saturated rings. The van der Waals surface area contributed by atoms with E-state index in [2.05, 4.69) is 9.62 Å². The summed E-state index contributed by atoms with van der Waals surface area (Å²) in [6, 6.07) is 5.64. The van der Waals surface area contributed by atoms with E-state index in [0.29, 0.717) is 5.69 Å². The number of thiophene rings is 1. The number of hydrogen-bond donors (Lipinski definition) is 2. The second-order valence-corrected chi connectivity index (χ2v) is 5.57. The molecule has 18 heavy (non-hydrogen) atoms. The molecule has 0 aliphatic carbocycles. The van der Waals surface area contributed by atoms with Gasteiger partial charge in [-0.15, -0.1) is 11.3 Å². The summed E-state index contributed by atoms with van der Waals surface area (Å²) < 4.78 is 16.3. The van der Waals surface area contributed by atoms with Crippen molar-refractivity contribution >= 4 is 31.3 Å². The van der Waals surface area contributed by atoms with Crippen molar-refractivity contribution in [1.29, 1.82) is 0 Å². The van der Waals surface area contributed by atoms with Crippen LogP contribution in [-0.2, 0) is 15.8 Å². The lowest BCUT2D eigenvalue weighted by molar-refractivity contribution is 0.145. The Morgan fingerprint density at radius 2 is 2.28 bits per heavy atom. The number of aromatic nitrogens is 2. The van der Waals surface area contributed by atoms with E-state index in [9.17, 15) is 4.57 Å². The molecule has 0 aliphatic heterocycles. The molecule has 0 aliphatic rings. The largest absolute Gasteiger partial charge is 0.471 e. The molecule has 0 amide bonds. The molecule has 2 rings (SSSR count). The van der Waals surface area contributed by atoms with E-state index < -0.39 is 7.82 Å². The van der Waals surface area contributed by atoms with Crippen LogP contribution in [0.5, 0.6) is 0 Å². The van der Waals surface area contributed by atoms with Crippen molar-refractivity contribution in [1.82, 2.24) is 9.78 Å². The van der Waals surface area contributed by atoms with Crippen LogP contribution in [0.4, 0.5) is 0 Å². The predicted molar refractivity (Wildman–Crippen MR) is 68.6 cm³/mol. The molecule has 96 valence electrons. The summed E-state index contributed by atoms with van der Waals surface area (Å²) in [5.41, 5.74) is 0.705. The average molecular weight is 286 g/mol. The van der Waals surface area contributed by atoms with E-state index in [1.807, 2.05) is 29.7 Å². The van der Waals surface area contributed by atoms with E-state index in [4.69, 9.17) is 9.79 Å². The minimum absolute atomic E-state index is 0.290. The van der Waals surface area contributed by atoms with E-state index in [-0.39, 0.29) is 6.73 Å². The second-order valence-electron chi connectivity index (χ2n) is 3.35. The summed E-state index contributed by atoms with van der Waals surface area (Å²) in [7, 11) is -4.48. The Morgan fingerprint density at radius 3 is 2.94 bits per heavy atom. The van der Waals surface area contributed by atoms with E-state index in [0.717, 1.165) is 4.88 Å². The van der Waals surface area contributed by atoms with Crippen molar-refractivity contribution in [3.8, 4) is 0 Å². The molecule has 6 nitrogen and oxygen atoms in total. The number of phosphoric ester groups is 1. The van der Waals surface area contributed by atoms with Gasteiger partial charge in [-0.05, 0) is 29.7 Å². The van der Waals surface area contributed by atoms with Crippen LogP contribution in [0, 0.1) is 0 Å². The smallest absolute Gasteiger partial charge is 0.303 e. The van der Waals surface area contributed by atoms with Crippen molar-refractivity contribution in [3.05, 3.63) is 40.3 Å². The first-order chi connectivity index (χ1) is 8.54. The molecule has 2 N–H and O–H groups in total. The van der Waals surface area contributed by atoms with Crippen LogP contribution >= 0.6 is 19.2 Å². The Kier molecular flexibility index (Phi) is 4.11. The van der Waals surface area contributed by atoms with Crippen molar-refractivity contribution in [3.63, 3.8) is 0 Å². The first-order valence-electron chi connectivity index (χ1n) is 4.98. The molecule has 2 heterocycles. The SMILES string of the molecule is O=P(O)(O)OCn1nccc1/C=C/c1cccs1. The highest BCUT2D eigenvalue weighted by atomic mass is 32.1. The third kappa shape index (κ3) is 3.90. The Balaban J connectivity index is 2.06. The zero-order valence-electron chi connectivity index (χ0n) is 9.21. The van der Waals surface area contributed by atoms with E-state index >= 15 is 0 Å². The molecular formula is C10H11N2O4PS. The lowest BCUT2D eigenvalue weighted by Gasteiger charge is -2.06. The summed E-state index contributed by atoms with van der Waals surface area (Å²) in [5, 5.41) is 5.89. The van der Waals surface area contributed by atoms with Gasteiger partial charge in [0, 0.05) is 11.1 Å². The van der Waals surface area contributed by atoms with Crippen LogP contribution in [0.25, 0.3) is 12.2 Å². The molecule has 0 saturated carbocycles. The van der Waals surface area contributed by atoms with Crippen LogP contribution in [0.2, 0.25) is 0 Å². The van der Waals surface area contributed by atoms with Crippen LogP contribution < -0.4 is 0 Å². The summed E-state index contributed by atoms with van der Waals surface area (Å²) in [4.78, 5) is 18.3. The lowest BCUT2D eigenvalue weighted by atomic mass is 10.3. The molecular weight excluding hydrogens is 275 g/mol. The van der Waals surface area contributed by atoms with Crippen molar-refractivity contribution in [2.24, 2.45) is 0 Å². The molecule has 0 radical (unpaired) electrons. The highest BCUT2D eigenvalue weighted by Gasteiger charge is 2.14. The fourth-order valence-electron chi connectivity index (χ4n) is 1.28. The standard InChI is InChI=1S/C10H11N2O4PS/c13-17(14,15)16-8-12-9(5-6-11-12)3-4-10-2-1-7-18-10/h1-7H,8H2,(H2,13,14,15)/b4-3+. The zero-order valence-corrected chi connectivity index (χ0v) is 10.9. The van der Waals surface area contributed by atoms with Crippen LogP contribution in [0.3, 0.4) is 0 Å². The van der Waals surface area contributed by atoms with Crippen LogP contribution in [0.15, 0.2) is 29.8 Å². The minimum Gasteiger partial charge on any atom is -0.303 e. The molecule has 8 heteroatoms. The molecule has 0 saturated heterocycles. The van der Waals surface area contributed by atoms with E-state index in [1.165, 1.54) is 10.9 Å². The second kappa shape index (κ2) is 5.60. The van der Waals surface area contributed by atoms with Crippen molar-refractivity contribution in [2.75, 3.05) is 0 Å².